The van der Waals surface area contributed by atoms with Crippen LogP contribution in [0.15, 0.2) is 12.5 Å². The minimum absolute atomic E-state index is 0.106. The molecule has 1 aliphatic carbocycles. The van der Waals surface area contributed by atoms with Crippen LogP contribution in [0.1, 0.15) is 31.4 Å². The Labute approximate surface area is 121 Å². The quantitative estimate of drug-likeness (QED) is 0.825. The number of aliphatic hydroxyl groups is 1. The van der Waals surface area contributed by atoms with Gasteiger partial charge >= 0.3 is 0 Å². The fourth-order valence-electron chi connectivity index (χ4n) is 3.70. The third kappa shape index (κ3) is 3.05. The van der Waals surface area contributed by atoms with E-state index in [1.165, 1.54) is 25.0 Å². The van der Waals surface area contributed by atoms with Crippen LogP contribution < -0.4 is 5.32 Å². The van der Waals surface area contributed by atoms with Crippen molar-refractivity contribution >= 4 is 0 Å². The van der Waals surface area contributed by atoms with Gasteiger partial charge in [0.25, 0.3) is 0 Å². The van der Waals surface area contributed by atoms with Gasteiger partial charge in [-0.25, -0.2) is 4.98 Å². The van der Waals surface area contributed by atoms with Gasteiger partial charge in [0, 0.05) is 57.1 Å². The van der Waals surface area contributed by atoms with Gasteiger partial charge in [0.15, 0.2) is 0 Å². The lowest BCUT2D eigenvalue weighted by molar-refractivity contribution is 0.150. The Hall–Kier alpha value is -0.910. The van der Waals surface area contributed by atoms with E-state index in [9.17, 15) is 5.11 Å². The molecule has 2 N–H and O–H groups in total. The number of nitrogens with one attached hydrogen (secondary N) is 1. The van der Waals surface area contributed by atoms with Gasteiger partial charge in [0.1, 0.15) is 0 Å². The third-order valence-corrected chi connectivity index (χ3v) is 4.85. The summed E-state index contributed by atoms with van der Waals surface area (Å²) in [5.74, 6) is 0. The highest BCUT2D eigenvalue weighted by atomic mass is 16.3. The molecule has 20 heavy (non-hydrogen) atoms. The molecule has 2 fully saturated rings. The highest BCUT2D eigenvalue weighted by molar-refractivity contribution is 4.99. The second-order valence-corrected chi connectivity index (χ2v) is 6.24. The topological polar surface area (TPSA) is 53.3 Å². The number of aryl methyl sites for hydroxylation is 1. The number of imidazole rings is 1. The summed E-state index contributed by atoms with van der Waals surface area (Å²) in [5.41, 5.74) is 1.28. The molecule has 1 saturated carbocycles. The molecule has 0 bridgehead atoms. The summed E-state index contributed by atoms with van der Waals surface area (Å²) < 4.78 is 2.09. The summed E-state index contributed by atoms with van der Waals surface area (Å²) in [6, 6.07) is 1.22. The van der Waals surface area contributed by atoms with Crippen molar-refractivity contribution < 1.29 is 5.11 Å². The van der Waals surface area contributed by atoms with Gasteiger partial charge in [-0.15, -0.1) is 0 Å². The van der Waals surface area contributed by atoms with Crippen molar-refractivity contribution in [1.82, 2.24) is 19.8 Å². The molecule has 1 aromatic heterocycles. The lowest BCUT2D eigenvalue weighted by Crippen LogP contribution is -2.46. The second kappa shape index (κ2) is 6.24. The van der Waals surface area contributed by atoms with Crippen LogP contribution in [-0.4, -0.2) is 57.4 Å². The summed E-state index contributed by atoms with van der Waals surface area (Å²) in [4.78, 5) is 6.64. The first kappa shape index (κ1) is 14.0. The van der Waals surface area contributed by atoms with E-state index in [2.05, 4.69) is 19.8 Å². The van der Waals surface area contributed by atoms with Gasteiger partial charge in [-0.3, -0.25) is 4.90 Å². The van der Waals surface area contributed by atoms with Gasteiger partial charge in [0.05, 0.1) is 12.4 Å². The minimum atomic E-state index is -0.106. The molecule has 2 aliphatic rings. The number of aromatic nitrogens is 2. The first-order valence-electron chi connectivity index (χ1n) is 7.85. The smallest absolute Gasteiger partial charge is 0.0945 e. The number of aliphatic hydroxyl groups excluding tert-OH is 1. The summed E-state index contributed by atoms with van der Waals surface area (Å²) in [6.07, 6.45) is 9.52. The van der Waals surface area contributed by atoms with Crippen molar-refractivity contribution in [2.24, 2.45) is 7.05 Å². The maximum absolute atomic E-state index is 9.71. The molecule has 0 radical (unpaired) electrons. The number of hydrogen-bond donors (Lipinski definition) is 2. The molecular formula is C15H26N4O. The van der Waals surface area contributed by atoms with Crippen LogP contribution in [0.2, 0.25) is 0 Å². The van der Waals surface area contributed by atoms with Crippen LogP contribution in [0.4, 0.5) is 0 Å². The lowest BCUT2D eigenvalue weighted by atomic mass is 10.1. The molecule has 0 spiro atoms. The van der Waals surface area contributed by atoms with Crippen LogP contribution in [0.3, 0.4) is 0 Å². The Bertz CT molecular complexity index is 433. The van der Waals surface area contributed by atoms with Crippen molar-refractivity contribution in [3.05, 3.63) is 18.2 Å². The van der Waals surface area contributed by atoms with Gasteiger partial charge < -0.3 is 15.0 Å². The van der Waals surface area contributed by atoms with Crippen LogP contribution in [-0.2, 0) is 13.5 Å². The standard InChI is InChI=1S/C15H26N4O/c1-18-11-16-9-12(18)5-7-17-14-3-2-4-15(14)19-8-6-13(20)10-19/h9,11,13-15,17,20H,2-8,10H2,1H3/t13?,14-,15+/m1/s1. The Balaban J connectivity index is 1.48. The number of β-amino-alcohol motifs (C(OH)–C–C–N with tert-alkyl or cyclic N) is 1. The first-order chi connectivity index (χ1) is 9.74. The average Bonchev–Trinajstić information content (AvgIpc) is 3.12. The molecule has 3 rings (SSSR count). The van der Waals surface area contributed by atoms with Gasteiger partial charge in [0.2, 0.25) is 0 Å². The van der Waals surface area contributed by atoms with E-state index in [-0.39, 0.29) is 6.10 Å². The second-order valence-electron chi connectivity index (χ2n) is 6.24. The Morgan fingerprint density at radius 3 is 3.00 bits per heavy atom. The molecular weight excluding hydrogens is 252 g/mol. The molecule has 5 heteroatoms. The normalized spacial score (nSPS) is 31.2. The Morgan fingerprint density at radius 1 is 1.40 bits per heavy atom. The largest absolute Gasteiger partial charge is 0.392 e. The van der Waals surface area contributed by atoms with Crippen molar-refractivity contribution in [2.45, 2.75) is 50.3 Å². The van der Waals surface area contributed by atoms with E-state index in [0.29, 0.717) is 12.1 Å². The SMILES string of the molecule is Cn1cncc1CCN[C@@H]1CCC[C@@H]1N1CCC(O)C1. The van der Waals surface area contributed by atoms with Crippen molar-refractivity contribution in [3.63, 3.8) is 0 Å². The lowest BCUT2D eigenvalue weighted by Gasteiger charge is -2.30. The maximum atomic E-state index is 9.71. The van der Waals surface area contributed by atoms with Gasteiger partial charge in [-0.1, -0.05) is 6.42 Å². The molecule has 0 aromatic carbocycles. The van der Waals surface area contributed by atoms with E-state index in [0.717, 1.165) is 32.5 Å². The number of likely N-dealkylation sites (tertiary alicyclic amines) is 1. The molecule has 1 saturated heterocycles. The van der Waals surface area contributed by atoms with Gasteiger partial charge in [-0.05, 0) is 19.3 Å². The zero-order valence-corrected chi connectivity index (χ0v) is 12.3. The average molecular weight is 278 g/mol. The van der Waals surface area contributed by atoms with E-state index >= 15 is 0 Å². The predicted octanol–water partition coefficient (Wildman–Crippen LogP) is 0.540. The zero-order chi connectivity index (χ0) is 13.9. The van der Waals surface area contributed by atoms with Crippen molar-refractivity contribution in [2.75, 3.05) is 19.6 Å². The highest BCUT2D eigenvalue weighted by Gasteiger charge is 2.35. The minimum Gasteiger partial charge on any atom is -0.392 e. The van der Waals surface area contributed by atoms with Crippen molar-refractivity contribution in [1.29, 1.82) is 0 Å². The monoisotopic (exact) mass is 278 g/mol. The fourth-order valence-corrected chi connectivity index (χ4v) is 3.70. The van der Waals surface area contributed by atoms with Crippen LogP contribution in [0.5, 0.6) is 0 Å². The summed E-state index contributed by atoms with van der Waals surface area (Å²) in [6.45, 7) is 2.94. The molecule has 3 atom stereocenters. The third-order valence-electron chi connectivity index (χ3n) is 4.85. The van der Waals surface area contributed by atoms with Crippen LogP contribution in [0, 0.1) is 0 Å². The highest BCUT2D eigenvalue weighted by Crippen LogP contribution is 2.27. The molecule has 0 amide bonds. The predicted molar refractivity (Wildman–Crippen MR) is 78.5 cm³/mol. The molecule has 1 aliphatic heterocycles. The molecule has 1 unspecified atom stereocenters. The van der Waals surface area contributed by atoms with Crippen molar-refractivity contribution in [3.8, 4) is 0 Å². The van der Waals surface area contributed by atoms with Crippen LogP contribution >= 0.6 is 0 Å². The van der Waals surface area contributed by atoms with E-state index < -0.39 is 0 Å². The van der Waals surface area contributed by atoms with E-state index in [1.807, 2.05) is 19.6 Å². The number of rotatable bonds is 5. The zero-order valence-electron chi connectivity index (χ0n) is 12.3. The Kier molecular flexibility index (Phi) is 4.38. The molecule has 2 heterocycles. The Morgan fingerprint density at radius 2 is 2.30 bits per heavy atom. The maximum Gasteiger partial charge on any atom is 0.0945 e. The summed E-state index contributed by atoms with van der Waals surface area (Å²) >= 11 is 0. The van der Waals surface area contributed by atoms with Crippen LogP contribution in [0.25, 0.3) is 0 Å². The number of hydrogen-bond acceptors (Lipinski definition) is 4. The number of nitrogens with zero attached hydrogens (tertiary/aromatic N) is 3. The van der Waals surface area contributed by atoms with E-state index in [1.54, 1.807) is 0 Å². The summed E-state index contributed by atoms with van der Waals surface area (Å²) in [5, 5.41) is 13.4. The van der Waals surface area contributed by atoms with Gasteiger partial charge in [-0.2, -0.15) is 0 Å². The molecule has 112 valence electrons. The molecule has 1 aromatic rings. The van der Waals surface area contributed by atoms with E-state index in [4.69, 9.17) is 0 Å². The first-order valence-corrected chi connectivity index (χ1v) is 7.85. The fraction of sp³-hybridized carbons (Fsp3) is 0.800. The summed E-state index contributed by atoms with van der Waals surface area (Å²) in [7, 11) is 2.05. The molecule has 5 nitrogen and oxygen atoms in total.